The standard InChI is InChI=1S/C16H19FN4OS/c17-13-6-4-12(5-7-13)10-18-15(22)16-20-19-14(23-16)11-21-8-2-1-3-9-21/h4-7H,1-3,8-11H2,(H,18,22). The van der Waals surface area contributed by atoms with E-state index in [9.17, 15) is 9.18 Å². The van der Waals surface area contributed by atoms with Crippen LogP contribution < -0.4 is 5.32 Å². The van der Waals surface area contributed by atoms with E-state index in [0.29, 0.717) is 11.6 Å². The van der Waals surface area contributed by atoms with Gasteiger partial charge in [0, 0.05) is 6.54 Å². The van der Waals surface area contributed by atoms with E-state index in [4.69, 9.17) is 0 Å². The normalized spacial score (nSPS) is 15.5. The van der Waals surface area contributed by atoms with Crippen LogP contribution in [0, 0.1) is 5.82 Å². The molecule has 1 aromatic carbocycles. The molecule has 122 valence electrons. The lowest BCUT2D eigenvalue weighted by Gasteiger charge is -2.24. The third-order valence-electron chi connectivity index (χ3n) is 3.83. The fraction of sp³-hybridized carbons (Fsp3) is 0.438. The Kier molecular flexibility index (Phi) is 5.30. The van der Waals surface area contributed by atoms with Gasteiger partial charge in [0.1, 0.15) is 10.8 Å². The lowest BCUT2D eigenvalue weighted by molar-refractivity contribution is 0.0950. The van der Waals surface area contributed by atoms with Gasteiger partial charge in [-0.05, 0) is 43.6 Å². The van der Waals surface area contributed by atoms with Gasteiger partial charge in [-0.2, -0.15) is 0 Å². The predicted molar refractivity (Wildman–Crippen MR) is 86.6 cm³/mol. The molecule has 0 unspecified atom stereocenters. The van der Waals surface area contributed by atoms with Crippen LogP contribution in [-0.2, 0) is 13.1 Å². The zero-order valence-corrected chi connectivity index (χ0v) is 13.6. The van der Waals surface area contributed by atoms with E-state index in [2.05, 4.69) is 20.4 Å². The second-order valence-corrected chi connectivity index (χ2v) is 6.71. The molecular formula is C16H19FN4OS. The number of hydrogen-bond acceptors (Lipinski definition) is 5. The molecule has 3 rings (SSSR count). The molecule has 0 spiro atoms. The number of carbonyl (C=O) groups is 1. The molecular weight excluding hydrogens is 315 g/mol. The van der Waals surface area contributed by atoms with Crippen LogP contribution in [0.3, 0.4) is 0 Å². The summed E-state index contributed by atoms with van der Waals surface area (Å²) in [6.07, 6.45) is 3.75. The Labute approximate surface area is 138 Å². The Morgan fingerprint density at radius 3 is 2.65 bits per heavy atom. The highest BCUT2D eigenvalue weighted by molar-refractivity contribution is 7.13. The molecule has 7 heteroatoms. The van der Waals surface area contributed by atoms with Gasteiger partial charge in [-0.25, -0.2) is 4.39 Å². The molecule has 1 aliphatic rings. The van der Waals surface area contributed by atoms with Crippen LogP contribution in [0.4, 0.5) is 4.39 Å². The summed E-state index contributed by atoms with van der Waals surface area (Å²) in [7, 11) is 0. The third kappa shape index (κ3) is 4.56. The summed E-state index contributed by atoms with van der Waals surface area (Å²) in [4.78, 5) is 14.5. The van der Waals surface area contributed by atoms with Crippen molar-refractivity contribution in [1.29, 1.82) is 0 Å². The Morgan fingerprint density at radius 1 is 1.17 bits per heavy atom. The molecule has 0 atom stereocenters. The van der Waals surface area contributed by atoms with Gasteiger partial charge in [-0.1, -0.05) is 29.9 Å². The number of piperidine rings is 1. The van der Waals surface area contributed by atoms with Crippen molar-refractivity contribution in [2.45, 2.75) is 32.4 Å². The summed E-state index contributed by atoms with van der Waals surface area (Å²) in [6, 6.07) is 6.06. The number of aromatic nitrogens is 2. The minimum absolute atomic E-state index is 0.239. The summed E-state index contributed by atoms with van der Waals surface area (Å²) in [5.41, 5.74) is 0.845. The number of carbonyl (C=O) groups excluding carboxylic acids is 1. The van der Waals surface area contributed by atoms with Gasteiger partial charge in [0.2, 0.25) is 5.01 Å². The van der Waals surface area contributed by atoms with Crippen LogP contribution in [0.15, 0.2) is 24.3 Å². The Bertz CT molecular complexity index is 652. The van der Waals surface area contributed by atoms with E-state index in [1.807, 2.05) is 0 Å². The van der Waals surface area contributed by atoms with Gasteiger partial charge in [-0.3, -0.25) is 9.69 Å². The van der Waals surface area contributed by atoms with Crippen molar-refractivity contribution in [1.82, 2.24) is 20.4 Å². The van der Waals surface area contributed by atoms with Gasteiger partial charge in [0.15, 0.2) is 0 Å². The van der Waals surface area contributed by atoms with Gasteiger partial charge >= 0.3 is 0 Å². The van der Waals surface area contributed by atoms with Gasteiger partial charge in [0.25, 0.3) is 5.91 Å². The van der Waals surface area contributed by atoms with Crippen molar-refractivity contribution in [3.05, 3.63) is 45.7 Å². The topological polar surface area (TPSA) is 58.1 Å². The molecule has 23 heavy (non-hydrogen) atoms. The van der Waals surface area contributed by atoms with Crippen molar-refractivity contribution >= 4 is 17.2 Å². The molecule has 1 amide bonds. The molecule has 0 aliphatic carbocycles. The highest BCUT2D eigenvalue weighted by atomic mass is 32.1. The fourth-order valence-corrected chi connectivity index (χ4v) is 3.38. The van der Waals surface area contributed by atoms with Crippen molar-refractivity contribution in [2.24, 2.45) is 0 Å². The minimum Gasteiger partial charge on any atom is -0.346 e. The first-order valence-electron chi connectivity index (χ1n) is 7.78. The van der Waals surface area contributed by atoms with Crippen LogP contribution in [-0.4, -0.2) is 34.1 Å². The first-order valence-corrected chi connectivity index (χ1v) is 8.60. The lowest BCUT2D eigenvalue weighted by atomic mass is 10.1. The molecule has 1 saturated heterocycles. The summed E-state index contributed by atoms with van der Waals surface area (Å²) >= 11 is 1.34. The van der Waals surface area contributed by atoms with Crippen LogP contribution in [0.25, 0.3) is 0 Å². The van der Waals surface area contributed by atoms with Crippen LogP contribution in [0.1, 0.15) is 39.6 Å². The number of nitrogens with zero attached hydrogens (tertiary/aromatic N) is 3. The molecule has 1 aliphatic heterocycles. The summed E-state index contributed by atoms with van der Waals surface area (Å²) in [6.45, 7) is 3.29. The van der Waals surface area contributed by atoms with Crippen molar-refractivity contribution in [3.63, 3.8) is 0 Å². The highest BCUT2D eigenvalue weighted by Crippen LogP contribution is 2.16. The molecule has 0 saturated carbocycles. The smallest absolute Gasteiger partial charge is 0.282 e. The maximum atomic E-state index is 12.8. The molecule has 0 bridgehead atoms. The number of halogens is 1. The molecule has 1 N–H and O–H groups in total. The Morgan fingerprint density at radius 2 is 1.91 bits per heavy atom. The van der Waals surface area contributed by atoms with Crippen LogP contribution in [0.5, 0.6) is 0 Å². The van der Waals surface area contributed by atoms with E-state index in [0.717, 1.165) is 30.2 Å². The fourth-order valence-electron chi connectivity index (χ4n) is 2.58. The first kappa shape index (κ1) is 16.0. The number of benzene rings is 1. The summed E-state index contributed by atoms with van der Waals surface area (Å²) in [5, 5.41) is 12.1. The lowest BCUT2D eigenvalue weighted by Crippen LogP contribution is -2.29. The van der Waals surface area contributed by atoms with E-state index in [1.54, 1.807) is 12.1 Å². The molecule has 5 nitrogen and oxygen atoms in total. The monoisotopic (exact) mass is 334 g/mol. The van der Waals surface area contributed by atoms with Crippen LogP contribution in [0.2, 0.25) is 0 Å². The van der Waals surface area contributed by atoms with E-state index < -0.39 is 0 Å². The van der Waals surface area contributed by atoms with Gasteiger partial charge in [0.05, 0.1) is 6.54 Å². The van der Waals surface area contributed by atoms with E-state index >= 15 is 0 Å². The quantitative estimate of drug-likeness (QED) is 0.913. The number of rotatable bonds is 5. The second kappa shape index (κ2) is 7.61. The zero-order chi connectivity index (χ0) is 16.1. The van der Waals surface area contributed by atoms with Crippen molar-refractivity contribution in [3.8, 4) is 0 Å². The predicted octanol–water partition coefficient (Wildman–Crippen LogP) is 2.59. The number of likely N-dealkylation sites (tertiary alicyclic amines) is 1. The molecule has 0 radical (unpaired) electrons. The maximum Gasteiger partial charge on any atom is 0.282 e. The average molecular weight is 334 g/mol. The summed E-state index contributed by atoms with van der Waals surface area (Å²) < 4.78 is 12.8. The average Bonchev–Trinajstić information content (AvgIpc) is 3.03. The van der Waals surface area contributed by atoms with Gasteiger partial charge < -0.3 is 5.32 Å². The largest absolute Gasteiger partial charge is 0.346 e. The number of amides is 1. The SMILES string of the molecule is O=C(NCc1ccc(F)cc1)c1nnc(CN2CCCCC2)s1. The second-order valence-electron chi connectivity index (χ2n) is 5.65. The Hall–Kier alpha value is -1.86. The third-order valence-corrected chi connectivity index (χ3v) is 4.74. The molecule has 2 heterocycles. The van der Waals surface area contributed by atoms with Crippen molar-refractivity contribution < 1.29 is 9.18 Å². The molecule has 1 fully saturated rings. The molecule has 1 aromatic heterocycles. The van der Waals surface area contributed by atoms with E-state index in [-0.39, 0.29) is 11.7 Å². The summed E-state index contributed by atoms with van der Waals surface area (Å²) in [5.74, 6) is -0.525. The van der Waals surface area contributed by atoms with Crippen LogP contribution >= 0.6 is 11.3 Å². The van der Waals surface area contributed by atoms with Crippen molar-refractivity contribution in [2.75, 3.05) is 13.1 Å². The minimum atomic E-state index is -0.286. The molecule has 2 aromatic rings. The van der Waals surface area contributed by atoms with Gasteiger partial charge in [-0.15, -0.1) is 10.2 Å². The zero-order valence-electron chi connectivity index (χ0n) is 12.8. The maximum absolute atomic E-state index is 12.8. The van der Waals surface area contributed by atoms with E-state index in [1.165, 1.54) is 42.7 Å². The number of hydrogen-bond donors (Lipinski definition) is 1. The first-order chi connectivity index (χ1) is 11.2. The Balaban J connectivity index is 1.52. The highest BCUT2D eigenvalue weighted by Gasteiger charge is 2.16. The number of nitrogens with one attached hydrogen (secondary N) is 1.